The van der Waals surface area contributed by atoms with Crippen LogP contribution in [-0.2, 0) is 20.4 Å². The standard InChI is InChI=1S/C30H29N3O2/c31-19-23-35-28(34)29(25-10-4-1-5-11-25)16-20-33(21-17-29)22-18-30(24-32,26-12-6-2-7-13-26)27-14-8-3-9-15-27/h1-15H,16-18,20-23H2. The van der Waals surface area contributed by atoms with E-state index < -0.39 is 10.8 Å². The van der Waals surface area contributed by atoms with Crippen LogP contribution in [0.4, 0.5) is 0 Å². The lowest BCUT2D eigenvalue weighted by atomic mass is 9.71. The molecule has 0 N–H and O–H groups in total. The van der Waals surface area contributed by atoms with Gasteiger partial charge in [0.1, 0.15) is 11.5 Å². The van der Waals surface area contributed by atoms with Gasteiger partial charge in [0, 0.05) is 6.54 Å². The number of rotatable bonds is 8. The summed E-state index contributed by atoms with van der Waals surface area (Å²) in [4.78, 5) is 15.4. The number of likely N-dealkylation sites (tertiary alicyclic amines) is 1. The van der Waals surface area contributed by atoms with Crippen LogP contribution in [0.15, 0.2) is 91.0 Å². The topological polar surface area (TPSA) is 77.1 Å². The molecule has 0 aromatic heterocycles. The molecule has 176 valence electrons. The highest BCUT2D eigenvalue weighted by atomic mass is 16.5. The number of esters is 1. The van der Waals surface area contributed by atoms with Crippen LogP contribution in [0, 0.1) is 22.7 Å². The largest absolute Gasteiger partial charge is 0.450 e. The van der Waals surface area contributed by atoms with Crippen molar-refractivity contribution in [1.82, 2.24) is 4.90 Å². The molecule has 0 atom stereocenters. The van der Waals surface area contributed by atoms with Gasteiger partial charge < -0.3 is 9.64 Å². The summed E-state index contributed by atoms with van der Waals surface area (Å²) in [7, 11) is 0. The van der Waals surface area contributed by atoms with E-state index in [2.05, 4.69) is 11.0 Å². The number of piperidine rings is 1. The molecule has 3 aromatic carbocycles. The highest BCUT2D eigenvalue weighted by molar-refractivity contribution is 5.83. The third kappa shape index (κ3) is 4.97. The zero-order valence-corrected chi connectivity index (χ0v) is 19.8. The van der Waals surface area contributed by atoms with Gasteiger partial charge in [-0.2, -0.15) is 10.5 Å². The number of nitriles is 2. The molecule has 1 aliphatic rings. The Morgan fingerprint density at radius 3 is 1.86 bits per heavy atom. The smallest absolute Gasteiger partial charge is 0.317 e. The molecule has 3 aromatic rings. The molecule has 1 heterocycles. The van der Waals surface area contributed by atoms with Crippen LogP contribution >= 0.6 is 0 Å². The van der Waals surface area contributed by atoms with E-state index in [1.807, 2.05) is 97.1 Å². The van der Waals surface area contributed by atoms with E-state index in [9.17, 15) is 10.1 Å². The summed E-state index contributed by atoms with van der Waals surface area (Å²) in [5.41, 5.74) is 1.42. The van der Waals surface area contributed by atoms with Gasteiger partial charge in [0.25, 0.3) is 0 Å². The molecule has 0 spiro atoms. The van der Waals surface area contributed by atoms with E-state index in [0.29, 0.717) is 32.4 Å². The highest BCUT2D eigenvalue weighted by Crippen LogP contribution is 2.39. The lowest BCUT2D eigenvalue weighted by Crippen LogP contribution is -2.49. The molecule has 4 rings (SSSR count). The van der Waals surface area contributed by atoms with Crippen LogP contribution in [-0.4, -0.2) is 37.1 Å². The van der Waals surface area contributed by atoms with Crippen LogP contribution in [0.25, 0.3) is 0 Å². The number of hydrogen-bond acceptors (Lipinski definition) is 5. The van der Waals surface area contributed by atoms with Gasteiger partial charge in [0.05, 0.1) is 11.5 Å². The van der Waals surface area contributed by atoms with Gasteiger partial charge in [-0.25, -0.2) is 0 Å². The van der Waals surface area contributed by atoms with Gasteiger partial charge in [-0.1, -0.05) is 91.0 Å². The zero-order valence-electron chi connectivity index (χ0n) is 19.8. The van der Waals surface area contributed by atoms with Crippen molar-refractivity contribution in [3.63, 3.8) is 0 Å². The minimum atomic E-state index is -0.750. The molecular formula is C30H29N3O2. The van der Waals surface area contributed by atoms with Gasteiger partial charge in [-0.3, -0.25) is 4.79 Å². The molecule has 35 heavy (non-hydrogen) atoms. The normalized spacial score (nSPS) is 15.5. The first kappa shape index (κ1) is 24.2. The third-order valence-electron chi connectivity index (χ3n) is 7.22. The molecule has 1 fully saturated rings. The number of benzene rings is 3. The van der Waals surface area contributed by atoms with Crippen molar-refractivity contribution in [2.45, 2.75) is 30.1 Å². The van der Waals surface area contributed by atoms with Crippen LogP contribution in [0.1, 0.15) is 36.0 Å². The maximum Gasteiger partial charge on any atom is 0.317 e. The zero-order chi connectivity index (χ0) is 24.6. The van der Waals surface area contributed by atoms with Gasteiger partial charge in [-0.05, 0) is 49.0 Å². The number of hydrogen-bond donors (Lipinski definition) is 0. The first-order chi connectivity index (χ1) is 17.1. The SMILES string of the molecule is N#CCOC(=O)C1(c2ccccc2)CCN(CCC(C#N)(c2ccccc2)c2ccccc2)CC1. The maximum atomic E-state index is 13.1. The average molecular weight is 464 g/mol. The number of nitrogens with zero attached hydrogens (tertiary/aromatic N) is 3. The predicted molar refractivity (Wildman–Crippen MR) is 134 cm³/mol. The van der Waals surface area contributed by atoms with E-state index >= 15 is 0 Å². The molecule has 1 aliphatic heterocycles. The maximum absolute atomic E-state index is 13.1. The molecule has 0 radical (unpaired) electrons. The van der Waals surface area contributed by atoms with Crippen LogP contribution in [0.2, 0.25) is 0 Å². The molecule has 0 aliphatic carbocycles. The summed E-state index contributed by atoms with van der Waals surface area (Å²) in [6.07, 6.45) is 1.86. The molecule has 5 heteroatoms. The van der Waals surface area contributed by atoms with E-state index in [-0.39, 0.29) is 12.6 Å². The van der Waals surface area contributed by atoms with Crippen molar-refractivity contribution in [3.8, 4) is 12.1 Å². The summed E-state index contributed by atoms with van der Waals surface area (Å²) in [6, 6.07) is 34.2. The Labute approximate surface area is 207 Å². The Kier molecular flexibility index (Phi) is 7.60. The van der Waals surface area contributed by atoms with E-state index in [1.165, 1.54) is 0 Å². The second kappa shape index (κ2) is 11.0. The fourth-order valence-corrected chi connectivity index (χ4v) is 5.17. The molecule has 0 amide bonds. The van der Waals surface area contributed by atoms with Gasteiger partial charge in [-0.15, -0.1) is 0 Å². The molecule has 0 unspecified atom stereocenters. The third-order valence-corrected chi connectivity index (χ3v) is 7.22. The second-order valence-corrected chi connectivity index (χ2v) is 9.02. The lowest BCUT2D eigenvalue weighted by molar-refractivity contribution is -0.151. The first-order valence-corrected chi connectivity index (χ1v) is 12.0. The van der Waals surface area contributed by atoms with Crippen molar-refractivity contribution >= 4 is 5.97 Å². The van der Waals surface area contributed by atoms with Crippen LogP contribution < -0.4 is 0 Å². The van der Waals surface area contributed by atoms with Crippen molar-refractivity contribution in [3.05, 3.63) is 108 Å². The van der Waals surface area contributed by atoms with Gasteiger partial charge in [0.2, 0.25) is 0 Å². The summed E-state index contributed by atoms with van der Waals surface area (Å²) in [5, 5.41) is 19.3. The van der Waals surface area contributed by atoms with Gasteiger partial charge >= 0.3 is 5.97 Å². The quantitative estimate of drug-likeness (QED) is 0.440. The summed E-state index contributed by atoms with van der Waals surface area (Å²) < 4.78 is 5.31. The number of ether oxygens (including phenoxy) is 1. The second-order valence-electron chi connectivity index (χ2n) is 9.02. The Hall–Kier alpha value is -3.93. The lowest BCUT2D eigenvalue weighted by Gasteiger charge is -2.41. The summed E-state index contributed by atoms with van der Waals surface area (Å²) in [6.45, 7) is 1.91. The monoisotopic (exact) mass is 463 g/mol. The van der Waals surface area contributed by atoms with E-state index in [1.54, 1.807) is 0 Å². The Balaban J connectivity index is 1.53. The minimum absolute atomic E-state index is 0.240. The first-order valence-electron chi connectivity index (χ1n) is 12.0. The van der Waals surface area contributed by atoms with Gasteiger partial charge in [0.15, 0.2) is 6.61 Å². The minimum Gasteiger partial charge on any atom is -0.450 e. The fourth-order valence-electron chi connectivity index (χ4n) is 5.17. The van der Waals surface area contributed by atoms with Crippen LogP contribution in [0.3, 0.4) is 0 Å². The fraction of sp³-hybridized carbons (Fsp3) is 0.300. The Morgan fingerprint density at radius 1 is 0.857 bits per heavy atom. The van der Waals surface area contributed by atoms with Crippen LogP contribution in [0.5, 0.6) is 0 Å². The highest BCUT2D eigenvalue weighted by Gasteiger charge is 2.45. The van der Waals surface area contributed by atoms with E-state index in [4.69, 9.17) is 10.00 Å². The van der Waals surface area contributed by atoms with Crippen molar-refractivity contribution in [2.75, 3.05) is 26.2 Å². The summed E-state index contributed by atoms with van der Waals surface area (Å²) in [5.74, 6) is -0.329. The van der Waals surface area contributed by atoms with Crippen molar-refractivity contribution < 1.29 is 9.53 Å². The Morgan fingerprint density at radius 2 is 1.37 bits per heavy atom. The van der Waals surface area contributed by atoms with Crippen molar-refractivity contribution in [2.24, 2.45) is 0 Å². The van der Waals surface area contributed by atoms with E-state index in [0.717, 1.165) is 23.2 Å². The number of carbonyl (C=O) groups is 1. The average Bonchev–Trinajstić information content (AvgIpc) is 2.94. The molecule has 5 nitrogen and oxygen atoms in total. The molecular weight excluding hydrogens is 434 g/mol. The predicted octanol–water partition coefficient (Wildman–Crippen LogP) is 4.99. The molecule has 0 bridgehead atoms. The Bertz CT molecular complexity index is 1150. The number of carbonyl (C=O) groups excluding carboxylic acids is 1. The molecule has 0 saturated carbocycles. The molecule has 1 saturated heterocycles. The van der Waals surface area contributed by atoms with Crippen molar-refractivity contribution in [1.29, 1.82) is 10.5 Å². The summed E-state index contributed by atoms with van der Waals surface area (Å²) >= 11 is 0.